The zero-order valence-corrected chi connectivity index (χ0v) is 23.8. The molecule has 0 unspecified atom stereocenters. The molecule has 1 aliphatic heterocycles. The van der Waals surface area contributed by atoms with E-state index in [9.17, 15) is 18.0 Å². The highest BCUT2D eigenvalue weighted by Crippen LogP contribution is 2.45. The first-order valence-corrected chi connectivity index (χ1v) is 13.7. The van der Waals surface area contributed by atoms with Crippen molar-refractivity contribution < 1.29 is 32.5 Å². The van der Waals surface area contributed by atoms with Crippen LogP contribution in [0.5, 0.6) is 5.75 Å². The summed E-state index contributed by atoms with van der Waals surface area (Å²) in [5.41, 5.74) is 4.67. The van der Waals surface area contributed by atoms with Crippen molar-refractivity contribution in [1.82, 2.24) is 10.9 Å². The van der Waals surface area contributed by atoms with Crippen molar-refractivity contribution in [3.8, 4) is 5.75 Å². The number of aliphatic hydroxyl groups excluding tert-OH is 1. The highest BCUT2D eigenvalue weighted by molar-refractivity contribution is 6.35. The van der Waals surface area contributed by atoms with E-state index < -0.39 is 29.3 Å². The number of halogens is 5. The largest absolute Gasteiger partial charge is 0.494 e. The molecule has 0 radical (unpaired) electrons. The van der Waals surface area contributed by atoms with Gasteiger partial charge in [-0.25, -0.2) is 10.4 Å². The summed E-state index contributed by atoms with van der Waals surface area (Å²) in [6.45, 7) is 4.23. The van der Waals surface area contributed by atoms with Crippen LogP contribution >= 0.6 is 23.2 Å². The molecule has 4 rings (SSSR count). The first-order valence-electron chi connectivity index (χ1n) is 12.9. The van der Waals surface area contributed by atoms with E-state index in [1.807, 2.05) is 0 Å². The molecule has 1 aliphatic rings. The summed E-state index contributed by atoms with van der Waals surface area (Å²) in [7, 11) is 0. The lowest BCUT2D eigenvalue weighted by atomic mass is 9.84. The maximum Gasteiger partial charge on any atom is 0.416 e. The van der Waals surface area contributed by atoms with E-state index in [0.717, 1.165) is 12.1 Å². The van der Waals surface area contributed by atoms with E-state index in [1.165, 1.54) is 18.2 Å². The van der Waals surface area contributed by atoms with Crippen LogP contribution in [0, 0.1) is 0 Å². The SMILES string of the molecule is C=CC[C@]1(C(=O)NNCc2ccc(C(F)(F)F)cc2)N=C(c2ccc(OCCCO)cc2)O[C@H]1c1ccc(Cl)cc1Cl. The van der Waals surface area contributed by atoms with Gasteiger partial charge in [0.05, 0.1) is 12.2 Å². The summed E-state index contributed by atoms with van der Waals surface area (Å²) >= 11 is 12.7. The van der Waals surface area contributed by atoms with Gasteiger partial charge in [-0.2, -0.15) is 13.2 Å². The standard InChI is InChI=1S/C30H28Cl2F3N3O4/c1-2-14-29(28(40)38-36-18-19-4-8-21(9-5-19)30(33,34)35)26(24-13-10-22(31)17-25(24)32)42-27(37-29)20-6-11-23(12-7-20)41-16-3-15-39/h2,4-13,17,26,36,39H,1,3,14-16,18H2,(H,38,40)/t26-,29-/m0/s1. The number of hydrogen-bond acceptors (Lipinski definition) is 6. The van der Waals surface area contributed by atoms with Crippen molar-refractivity contribution in [3.63, 3.8) is 0 Å². The third-order valence-electron chi connectivity index (χ3n) is 6.51. The van der Waals surface area contributed by atoms with Gasteiger partial charge in [0.1, 0.15) is 5.75 Å². The molecule has 2 atom stereocenters. The Balaban J connectivity index is 1.61. The maximum atomic E-state index is 13.8. The van der Waals surface area contributed by atoms with E-state index in [2.05, 4.69) is 17.4 Å². The smallest absolute Gasteiger partial charge is 0.416 e. The van der Waals surface area contributed by atoms with Crippen LogP contribution in [-0.2, 0) is 22.3 Å². The fourth-order valence-electron chi connectivity index (χ4n) is 4.37. The van der Waals surface area contributed by atoms with Gasteiger partial charge >= 0.3 is 6.18 Å². The van der Waals surface area contributed by atoms with E-state index in [-0.39, 0.29) is 30.5 Å². The molecule has 0 saturated carbocycles. The van der Waals surface area contributed by atoms with Crippen molar-refractivity contribution in [3.05, 3.63) is 112 Å². The van der Waals surface area contributed by atoms with Crippen LogP contribution in [0.25, 0.3) is 0 Å². The minimum absolute atomic E-state index is 0.0179. The molecule has 0 fully saturated rings. The minimum atomic E-state index is -4.44. The quantitative estimate of drug-likeness (QED) is 0.123. The molecule has 0 aliphatic carbocycles. The van der Waals surface area contributed by atoms with E-state index in [1.54, 1.807) is 42.5 Å². The third kappa shape index (κ3) is 7.25. The van der Waals surface area contributed by atoms with Crippen LogP contribution in [0.1, 0.15) is 41.2 Å². The molecule has 1 amide bonds. The Morgan fingerprint density at radius 2 is 1.83 bits per heavy atom. The number of nitrogens with zero attached hydrogens (tertiary/aromatic N) is 1. The van der Waals surface area contributed by atoms with Crippen molar-refractivity contribution in [2.75, 3.05) is 13.2 Å². The lowest BCUT2D eigenvalue weighted by Crippen LogP contribution is -2.52. The molecule has 3 aromatic carbocycles. The van der Waals surface area contributed by atoms with Gasteiger partial charge in [0.25, 0.3) is 5.91 Å². The summed E-state index contributed by atoms with van der Waals surface area (Å²) < 4.78 is 50.6. The molecule has 7 nitrogen and oxygen atoms in total. The van der Waals surface area contributed by atoms with E-state index >= 15 is 0 Å². The molecular formula is C30H28Cl2F3N3O4. The Kier molecular flexibility index (Phi) is 10.2. The number of aliphatic hydroxyl groups is 1. The first kappa shape index (κ1) is 31.4. The zero-order chi connectivity index (χ0) is 30.3. The lowest BCUT2D eigenvalue weighted by molar-refractivity contribution is -0.137. The lowest BCUT2D eigenvalue weighted by Gasteiger charge is -2.30. The van der Waals surface area contributed by atoms with Gasteiger partial charge in [-0.05, 0) is 54.1 Å². The average Bonchev–Trinajstić information content (AvgIpc) is 3.34. The second-order valence-corrected chi connectivity index (χ2v) is 10.3. The van der Waals surface area contributed by atoms with Crippen molar-refractivity contribution in [1.29, 1.82) is 0 Å². The zero-order valence-electron chi connectivity index (χ0n) is 22.3. The Morgan fingerprint density at radius 3 is 2.45 bits per heavy atom. The van der Waals surface area contributed by atoms with E-state index in [0.29, 0.717) is 40.5 Å². The molecular weight excluding hydrogens is 594 g/mol. The van der Waals surface area contributed by atoms with Crippen molar-refractivity contribution in [2.24, 2.45) is 4.99 Å². The second-order valence-electron chi connectivity index (χ2n) is 9.45. The predicted molar refractivity (Wildman–Crippen MR) is 154 cm³/mol. The molecule has 42 heavy (non-hydrogen) atoms. The molecule has 12 heteroatoms. The average molecular weight is 622 g/mol. The first-order chi connectivity index (χ1) is 20.1. The third-order valence-corrected chi connectivity index (χ3v) is 7.07. The maximum absolute atomic E-state index is 13.8. The Hall–Kier alpha value is -3.57. The summed E-state index contributed by atoms with van der Waals surface area (Å²) in [6, 6.07) is 16.3. The fraction of sp³-hybridized carbons (Fsp3) is 0.267. The summed E-state index contributed by atoms with van der Waals surface area (Å²) in [4.78, 5) is 18.6. The van der Waals surface area contributed by atoms with Gasteiger partial charge in [0.15, 0.2) is 11.6 Å². The van der Waals surface area contributed by atoms with Gasteiger partial charge in [0, 0.05) is 47.2 Å². The molecule has 0 bridgehead atoms. The Morgan fingerprint density at radius 1 is 1.12 bits per heavy atom. The fourth-order valence-corrected chi connectivity index (χ4v) is 4.88. The molecule has 3 N–H and O–H groups in total. The van der Waals surface area contributed by atoms with Gasteiger partial charge in [-0.1, -0.05) is 47.5 Å². The number of benzene rings is 3. The van der Waals surface area contributed by atoms with Gasteiger partial charge in [-0.15, -0.1) is 6.58 Å². The predicted octanol–water partition coefficient (Wildman–Crippen LogP) is 6.43. The summed E-state index contributed by atoms with van der Waals surface area (Å²) in [6.07, 6.45) is -3.31. The number of carbonyl (C=O) groups is 1. The number of ether oxygens (including phenoxy) is 2. The number of hydrogen-bond donors (Lipinski definition) is 3. The van der Waals surface area contributed by atoms with Crippen LogP contribution in [0.15, 0.2) is 84.4 Å². The van der Waals surface area contributed by atoms with Gasteiger partial charge in [-0.3, -0.25) is 10.2 Å². The number of carbonyl (C=O) groups excluding carboxylic acids is 1. The molecule has 0 spiro atoms. The number of amides is 1. The molecule has 0 saturated heterocycles. The highest BCUT2D eigenvalue weighted by atomic mass is 35.5. The van der Waals surface area contributed by atoms with Gasteiger partial charge < -0.3 is 14.6 Å². The number of aliphatic imine (C=N–C) groups is 1. The van der Waals surface area contributed by atoms with Crippen LogP contribution in [0.2, 0.25) is 10.0 Å². The Bertz CT molecular complexity index is 1430. The number of nitrogens with one attached hydrogen (secondary N) is 2. The molecule has 1 heterocycles. The molecule has 222 valence electrons. The molecule has 3 aromatic rings. The number of alkyl halides is 3. The van der Waals surface area contributed by atoms with Crippen LogP contribution < -0.4 is 15.6 Å². The van der Waals surface area contributed by atoms with Gasteiger partial charge in [0.2, 0.25) is 5.90 Å². The van der Waals surface area contributed by atoms with Crippen LogP contribution in [0.3, 0.4) is 0 Å². The van der Waals surface area contributed by atoms with E-state index in [4.69, 9.17) is 42.8 Å². The number of hydrazine groups is 1. The highest BCUT2D eigenvalue weighted by Gasteiger charge is 2.53. The molecule has 0 aromatic heterocycles. The Labute approximate surface area is 250 Å². The van der Waals surface area contributed by atoms with Crippen LogP contribution in [-0.4, -0.2) is 35.7 Å². The minimum Gasteiger partial charge on any atom is -0.494 e. The number of rotatable bonds is 12. The topological polar surface area (TPSA) is 92.2 Å². The summed E-state index contributed by atoms with van der Waals surface area (Å²) in [5, 5.41) is 9.63. The van der Waals surface area contributed by atoms with Crippen molar-refractivity contribution in [2.45, 2.75) is 37.2 Å². The second kappa shape index (κ2) is 13.6. The van der Waals surface area contributed by atoms with Crippen molar-refractivity contribution >= 4 is 35.0 Å². The monoisotopic (exact) mass is 621 g/mol. The summed E-state index contributed by atoms with van der Waals surface area (Å²) in [5.74, 6) is 0.211. The normalized spacial score (nSPS) is 18.2. The van der Waals surface area contributed by atoms with Crippen LogP contribution in [0.4, 0.5) is 13.2 Å².